The molecule has 1 heterocycles. The van der Waals surface area contributed by atoms with Crippen molar-refractivity contribution in [3.63, 3.8) is 0 Å². The van der Waals surface area contributed by atoms with Crippen molar-refractivity contribution < 1.29 is 9.53 Å². The number of ether oxygens (including phenoxy) is 1. The van der Waals surface area contributed by atoms with E-state index >= 15 is 0 Å². The van der Waals surface area contributed by atoms with Crippen LogP contribution in [0, 0.1) is 6.92 Å². The molecule has 4 heteroatoms. The van der Waals surface area contributed by atoms with Crippen LogP contribution < -0.4 is 15.4 Å². The summed E-state index contributed by atoms with van der Waals surface area (Å²) in [5.41, 5.74) is 2.16. The van der Waals surface area contributed by atoms with Gasteiger partial charge in [-0.25, -0.2) is 0 Å². The summed E-state index contributed by atoms with van der Waals surface area (Å²) in [5, 5.41) is 6.14. The van der Waals surface area contributed by atoms with E-state index in [1.807, 2.05) is 25.1 Å². The van der Waals surface area contributed by atoms with Gasteiger partial charge in [-0.3, -0.25) is 4.79 Å². The molecule has 1 fully saturated rings. The van der Waals surface area contributed by atoms with Crippen molar-refractivity contribution >= 4 is 5.91 Å². The largest absolute Gasteiger partial charge is 0.496 e. The molecule has 1 aromatic rings. The van der Waals surface area contributed by atoms with Crippen LogP contribution in [0.2, 0.25) is 0 Å². The highest BCUT2D eigenvalue weighted by molar-refractivity contribution is 5.81. The summed E-state index contributed by atoms with van der Waals surface area (Å²) in [6.45, 7) is 3.49. The van der Waals surface area contributed by atoms with E-state index in [1.54, 1.807) is 7.11 Å². The number of carbonyl (C=O) groups is 1. The van der Waals surface area contributed by atoms with E-state index in [2.05, 4.69) is 10.6 Å². The Kier molecular flexibility index (Phi) is 4.20. The number of aryl methyl sites for hydroxylation is 1. The molecule has 1 atom stereocenters. The Hall–Kier alpha value is -1.55. The second kappa shape index (κ2) is 5.87. The van der Waals surface area contributed by atoms with Crippen LogP contribution in [0.25, 0.3) is 0 Å². The van der Waals surface area contributed by atoms with Crippen LogP contribution in [-0.2, 0) is 11.3 Å². The minimum atomic E-state index is -0.0163. The van der Waals surface area contributed by atoms with E-state index in [0.717, 1.165) is 36.3 Å². The van der Waals surface area contributed by atoms with Crippen molar-refractivity contribution in [2.24, 2.45) is 0 Å². The fourth-order valence-corrected chi connectivity index (χ4v) is 2.20. The molecule has 98 valence electrons. The zero-order chi connectivity index (χ0) is 13.0. The summed E-state index contributed by atoms with van der Waals surface area (Å²) in [7, 11) is 1.66. The number of hydrogen-bond acceptors (Lipinski definition) is 3. The highest BCUT2D eigenvalue weighted by Gasteiger charge is 2.21. The first-order chi connectivity index (χ1) is 8.70. The number of hydrogen-bond donors (Lipinski definition) is 2. The maximum atomic E-state index is 11.8. The molecule has 1 aromatic carbocycles. The van der Waals surface area contributed by atoms with Crippen molar-refractivity contribution in [1.82, 2.24) is 10.6 Å². The Morgan fingerprint density at radius 2 is 2.39 bits per heavy atom. The standard InChI is InChI=1S/C14H20N2O2/c1-10-5-6-11(8-13(10)18-2)9-16-14(17)12-4-3-7-15-12/h5-6,8,12,15H,3-4,7,9H2,1-2H3,(H,16,17). The molecule has 0 saturated carbocycles. The van der Waals surface area contributed by atoms with Crippen LogP contribution in [0.3, 0.4) is 0 Å². The first kappa shape index (κ1) is 12.9. The van der Waals surface area contributed by atoms with Gasteiger partial charge in [-0.15, -0.1) is 0 Å². The summed E-state index contributed by atoms with van der Waals surface area (Å²) in [6.07, 6.45) is 2.01. The van der Waals surface area contributed by atoms with E-state index in [4.69, 9.17) is 4.74 Å². The van der Waals surface area contributed by atoms with Crippen molar-refractivity contribution in [2.75, 3.05) is 13.7 Å². The Bertz CT molecular complexity index is 426. The topological polar surface area (TPSA) is 50.4 Å². The van der Waals surface area contributed by atoms with E-state index in [9.17, 15) is 4.79 Å². The fourth-order valence-electron chi connectivity index (χ4n) is 2.20. The van der Waals surface area contributed by atoms with Crippen molar-refractivity contribution in [3.8, 4) is 5.75 Å². The highest BCUT2D eigenvalue weighted by atomic mass is 16.5. The number of rotatable bonds is 4. The first-order valence-corrected chi connectivity index (χ1v) is 6.35. The summed E-state index contributed by atoms with van der Waals surface area (Å²) >= 11 is 0. The molecular weight excluding hydrogens is 228 g/mol. The SMILES string of the molecule is COc1cc(CNC(=O)C2CCCN2)ccc1C. The van der Waals surface area contributed by atoms with Crippen LogP contribution in [0.4, 0.5) is 0 Å². The first-order valence-electron chi connectivity index (χ1n) is 6.35. The van der Waals surface area contributed by atoms with Gasteiger partial charge in [0.05, 0.1) is 13.2 Å². The maximum absolute atomic E-state index is 11.8. The van der Waals surface area contributed by atoms with Crippen LogP contribution in [0.15, 0.2) is 18.2 Å². The van der Waals surface area contributed by atoms with Gasteiger partial charge in [0.1, 0.15) is 5.75 Å². The average Bonchev–Trinajstić information content (AvgIpc) is 2.91. The Balaban J connectivity index is 1.91. The van der Waals surface area contributed by atoms with Crippen LogP contribution >= 0.6 is 0 Å². The lowest BCUT2D eigenvalue weighted by Crippen LogP contribution is -2.39. The summed E-state index contributed by atoms with van der Waals surface area (Å²) in [6, 6.07) is 5.98. The second-order valence-electron chi connectivity index (χ2n) is 4.67. The van der Waals surface area contributed by atoms with Crippen molar-refractivity contribution in [3.05, 3.63) is 29.3 Å². The number of carbonyl (C=O) groups excluding carboxylic acids is 1. The third-order valence-electron chi connectivity index (χ3n) is 3.32. The van der Waals surface area contributed by atoms with E-state index in [0.29, 0.717) is 6.54 Å². The number of methoxy groups -OCH3 is 1. The summed E-state index contributed by atoms with van der Waals surface area (Å²) in [5.74, 6) is 0.952. The third-order valence-corrected chi connectivity index (χ3v) is 3.32. The molecule has 1 unspecified atom stereocenters. The number of benzene rings is 1. The Morgan fingerprint density at radius 1 is 1.56 bits per heavy atom. The van der Waals surface area contributed by atoms with Gasteiger partial charge in [-0.05, 0) is 43.5 Å². The number of nitrogens with one attached hydrogen (secondary N) is 2. The van der Waals surface area contributed by atoms with Crippen LogP contribution in [0.1, 0.15) is 24.0 Å². The van der Waals surface area contributed by atoms with Crippen molar-refractivity contribution in [1.29, 1.82) is 0 Å². The molecule has 2 N–H and O–H groups in total. The Morgan fingerprint density at radius 3 is 3.06 bits per heavy atom. The molecule has 1 aliphatic rings. The van der Waals surface area contributed by atoms with Gasteiger partial charge in [0.2, 0.25) is 5.91 Å². The molecule has 1 amide bonds. The van der Waals surface area contributed by atoms with Gasteiger partial charge in [-0.2, -0.15) is 0 Å². The summed E-state index contributed by atoms with van der Waals surface area (Å²) in [4.78, 5) is 11.8. The predicted molar refractivity (Wildman–Crippen MR) is 70.6 cm³/mol. The minimum Gasteiger partial charge on any atom is -0.496 e. The quantitative estimate of drug-likeness (QED) is 0.846. The minimum absolute atomic E-state index is 0.0163. The lowest BCUT2D eigenvalue weighted by atomic mass is 10.1. The smallest absolute Gasteiger partial charge is 0.237 e. The molecule has 1 aliphatic heterocycles. The van der Waals surface area contributed by atoms with Gasteiger partial charge in [-0.1, -0.05) is 12.1 Å². The zero-order valence-corrected chi connectivity index (χ0v) is 11.0. The van der Waals surface area contributed by atoms with Gasteiger partial charge in [0.15, 0.2) is 0 Å². The van der Waals surface area contributed by atoms with Gasteiger partial charge in [0, 0.05) is 6.54 Å². The van der Waals surface area contributed by atoms with Crippen LogP contribution in [-0.4, -0.2) is 25.6 Å². The lowest BCUT2D eigenvalue weighted by molar-refractivity contribution is -0.122. The van der Waals surface area contributed by atoms with Gasteiger partial charge >= 0.3 is 0 Å². The highest BCUT2D eigenvalue weighted by Crippen LogP contribution is 2.18. The van der Waals surface area contributed by atoms with E-state index < -0.39 is 0 Å². The average molecular weight is 248 g/mol. The zero-order valence-electron chi connectivity index (χ0n) is 11.0. The van der Waals surface area contributed by atoms with Gasteiger partial charge in [0.25, 0.3) is 0 Å². The van der Waals surface area contributed by atoms with Crippen LogP contribution in [0.5, 0.6) is 5.75 Å². The van der Waals surface area contributed by atoms with E-state index in [-0.39, 0.29) is 11.9 Å². The molecule has 2 rings (SSSR count). The van der Waals surface area contributed by atoms with E-state index in [1.165, 1.54) is 0 Å². The van der Waals surface area contributed by atoms with Gasteiger partial charge < -0.3 is 15.4 Å². The molecule has 4 nitrogen and oxygen atoms in total. The summed E-state index contributed by atoms with van der Waals surface area (Å²) < 4.78 is 5.27. The maximum Gasteiger partial charge on any atom is 0.237 e. The lowest BCUT2D eigenvalue weighted by Gasteiger charge is -2.12. The Labute approximate surface area is 108 Å². The number of amides is 1. The molecule has 1 saturated heterocycles. The molecule has 18 heavy (non-hydrogen) atoms. The second-order valence-corrected chi connectivity index (χ2v) is 4.67. The van der Waals surface area contributed by atoms with Crippen molar-refractivity contribution in [2.45, 2.75) is 32.4 Å². The normalized spacial score (nSPS) is 18.7. The predicted octanol–water partition coefficient (Wildman–Crippen LogP) is 1.37. The third kappa shape index (κ3) is 3.01. The molecule has 0 aliphatic carbocycles. The monoisotopic (exact) mass is 248 g/mol. The molecular formula is C14H20N2O2. The molecule has 0 radical (unpaired) electrons. The molecule has 0 bridgehead atoms. The fraction of sp³-hybridized carbons (Fsp3) is 0.500. The molecule has 0 spiro atoms. The molecule has 0 aromatic heterocycles.